The zero-order chi connectivity index (χ0) is 13.0. The first-order chi connectivity index (χ1) is 7.97. The van der Waals surface area contributed by atoms with Gasteiger partial charge in [0.2, 0.25) is 0 Å². The van der Waals surface area contributed by atoms with Gasteiger partial charge in [0.15, 0.2) is 0 Å². The fraction of sp³-hybridized carbons (Fsp3) is 0.273. The molecule has 5 N–H and O–H groups in total. The van der Waals surface area contributed by atoms with Crippen LogP contribution in [0.15, 0.2) is 24.3 Å². The van der Waals surface area contributed by atoms with Crippen LogP contribution in [0.25, 0.3) is 0 Å². The van der Waals surface area contributed by atoms with E-state index in [0.717, 1.165) is 0 Å². The molecule has 1 aromatic rings. The Hall–Kier alpha value is -2.08. The highest BCUT2D eigenvalue weighted by atomic mass is 16.4. The van der Waals surface area contributed by atoms with Crippen LogP contribution in [0.2, 0.25) is 0 Å². The van der Waals surface area contributed by atoms with Crippen molar-refractivity contribution in [3.63, 3.8) is 0 Å². The molecule has 6 nitrogen and oxygen atoms in total. The molecule has 0 aliphatic rings. The summed E-state index contributed by atoms with van der Waals surface area (Å²) < 4.78 is 0. The van der Waals surface area contributed by atoms with E-state index in [4.69, 9.17) is 16.6 Å². The molecule has 1 atom stereocenters. The predicted octanol–water partition coefficient (Wildman–Crippen LogP) is 0.328. The summed E-state index contributed by atoms with van der Waals surface area (Å²) in [6.07, 6.45) is 0. The Morgan fingerprint density at radius 1 is 1.35 bits per heavy atom. The number of carboxylic acid groups (broad SMARTS) is 1. The zero-order valence-corrected chi connectivity index (χ0v) is 9.46. The molecule has 0 aliphatic carbocycles. The molecule has 0 heterocycles. The van der Waals surface area contributed by atoms with Crippen molar-refractivity contribution in [3.8, 4) is 0 Å². The maximum atomic E-state index is 10.9. The minimum absolute atomic E-state index is 0.0281. The summed E-state index contributed by atoms with van der Waals surface area (Å²) in [5, 5.41) is 8.93. The van der Waals surface area contributed by atoms with Gasteiger partial charge < -0.3 is 16.6 Å². The fourth-order valence-corrected chi connectivity index (χ4v) is 1.44. The Kier molecular flexibility index (Phi) is 4.06. The van der Waals surface area contributed by atoms with E-state index < -0.39 is 17.9 Å². The average Bonchev–Trinajstić information content (AvgIpc) is 2.29. The van der Waals surface area contributed by atoms with Crippen molar-refractivity contribution in [2.45, 2.75) is 5.92 Å². The molecule has 6 heteroatoms. The number of primary amides is 1. The van der Waals surface area contributed by atoms with Gasteiger partial charge in [0.1, 0.15) is 0 Å². The number of urea groups is 1. The minimum atomic E-state index is -0.969. The highest BCUT2D eigenvalue weighted by molar-refractivity contribution is 5.90. The first-order valence-corrected chi connectivity index (χ1v) is 5.03. The van der Waals surface area contributed by atoms with E-state index in [0.29, 0.717) is 11.3 Å². The van der Waals surface area contributed by atoms with Crippen LogP contribution in [-0.4, -0.2) is 30.7 Å². The number of nitrogens with zero attached hydrogens (tertiary/aromatic N) is 1. The Morgan fingerprint density at radius 2 is 1.88 bits per heavy atom. The molecular weight excluding hydrogens is 222 g/mol. The van der Waals surface area contributed by atoms with E-state index in [1.54, 1.807) is 24.3 Å². The number of hydrogen-bond donors (Lipinski definition) is 3. The second-order valence-electron chi connectivity index (χ2n) is 3.62. The molecule has 1 rings (SSSR count). The number of carboxylic acids is 1. The van der Waals surface area contributed by atoms with Crippen LogP contribution in [0.1, 0.15) is 11.5 Å². The van der Waals surface area contributed by atoms with Crippen molar-refractivity contribution in [1.82, 2.24) is 0 Å². The van der Waals surface area contributed by atoms with Crippen LogP contribution in [0, 0.1) is 0 Å². The van der Waals surface area contributed by atoms with Gasteiger partial charge in [-0.2, -0.15) is 0 Å². The van der Waals surface area contributed by atoms with Crippen LogP contribution >= 0.6 is 0 Å². The van der Waals surface area contributed by atoms with E-state index in [2.05, 4.69) is 0 Å². The third-order valence-electron chi connectivity index (χ3n) is 2.55. The van der Waals surface area contributed by atoms with Crippen LogP contribution < -0.4 is 16.4 Å². The first kappa shape index (κ1) is 13.0. The summed E-state index contributed by atoms with van der Waals surface area (Å²) in [5.41, 5.74) is 11.7. The lowest BCUT2D eigenvalue weighted by Gasteiger charge is -2.16. The molecule has 1 unspecified atom stereocenters. The smallest absolute Gasteiger partial charge is 0.318 e. The summed E-state index contributed by atoms with van der Waals surface area (Å²) in [7, 11) is 1.54. The van der Waals surface area contributed by atoms with Gasteiger partial charge in [-0.3, -0.25) is 9.69 Å². The lowest BCUT2D eigenvalue weighted by Crippen LogP contribution is -2.31. The van der Waals surface area contributed by atoms with Crippen molar-refractivity contribution in [1.29, 1.82) is 0 Å². The van der Waals surface area contributed by atoms with E-state index in [1.807, 2.05) is 0 Å². The summed E-state index contributed by atoms with van der Waals surface area (Å²) in [6, 6.07) is 5.93. The number of hydrogen-bond acceptors (Lipinski definition) is 3. The van der Waals surface area contributed by atoms with Crippen LogP contribution in [0.5, 0.6) is 0 Å². The maximum Gasteiger partial charge on any atom is 0.318 e. The van der Waals surface area contributed by atoms with Gasteiger partial charge in [-0.1, -0.05) is 12.1 Å². The second kappa shape index (κ2) is 5.31. The van der Waals surface area contributed by atoms with Crippen LogP contribution in [0.3, 0.4) is 0 Å². The van der Waals surface area contributed by atoms with Crippen molar-refractivity contribution >= 4 is 17.7 Å². The number of aliphatic carboxylic acids is 1. The minimum Gasteiger partial charge on any atom is -0.481 e. The van der Waals surface area contributed by atoms with Crippen molar-refractivity contribution < 1.29 is 14.7 Å². The number of anilines is 1. The molecule has 0 radical (unpaired) electrons. The molecule has 0 spiro atoms. The number of carbonyl (C=O) groups excluding carboxylic acids is 1. The summed E-state index contributed by atoms with van der Waals surface area (Å²) >= 11 is 0. The molecule has 0 fully saturated rings. The quantitative estimate of drug-likeness (QED) is 0.700. The molecule has 0 aromatic heterocycles. The topological polar surface area (TPSA) is 110 Å². The monoisotopic (exact) mass is 237 g/mol. The zero-order valence-electron chi connectivity index (χ0n) is 9.46. The average molecular weight is 237 g/mol. The SMILES string of the molecule is CN(C(N)=O)c1ccc(C(CN)C(=O)O)cc1. The maximum absolute atomic E-state index is 10.9. The summed E-state index contributed by atoms with van der Waals surface area (Å²) in [4.78, 5) is 23.1. The summed E-state index contributed by atoms with van der Waals surface area (Å²) in [5.74, 6) is -1.70. The van der Waals surface area contributed by atoms with E-state index in [-0.39, 0.29) is 6.54 Å². The molecule has 2 amide bonds. The summed E-state index contributed by atoms with van der Waals surface area (Å²) in [6.45, 7) is 0.0281. The molecule has 0 bridgehead atoms. The van der Waals surface area contributed by atoms with Crippen molar-refractivity contribution in [2.24, 2.45) is 11.5 Å². The third kappa shape index (κ3) is 2.94. The van der Waals surface area contributed by atoms with E-state index in [1.165, 1.54) is 11.9 Å². The number of carbonyl (C=O) groups is 2. The van der Waals surface area contributed by atoms with Gasteiger partial charge in [-0.25, -0.2) is 4.79 Å². The van der Waals surface area contributed by atoms with Gasteiger partial charge in [0.25, 0.3) is 0 Å². The largest absolute Gasteiger partial charge is 0.481 e. The van der Waals surface area contributed by atoms with E-state index in [9.17, 15) is 9.59 Å². The Labute approximate surface area is 98.8 Å². The van der Waals surface area contributed by atoms with Gasteiger partial charge in [0, 0.05) is 19.3 Å². The Bertz CT molecular complexity index is 416. The lowest BCUT2D eigenvalue weighted by atomic mass is 9.99. The third-order valence-corrected chi connectivity index (χ3v) is 2.55. The van der Waals surface area contributed by atoms with Gasteiger partial charge in [-0.05, 0) is 17.7 Å². The van der Waals surface area contributed by atoms with Crippen LogP contribution in [0.4, 0.5) is 10.5 Å². The second-order valence-corrected chi connectivity index (χ2v) is 3.62. The highest BCUT2D eigenvalue weighted by Crippen LogP contribution is 2.19. The van der Waals surface area contributed by atoms with Crippen molar-refractivity contribution in [2.75, 3.05) is 18.5 Å². The Balaban J connectivity index is 2.94. The molecule has 0 aliphatic heterocycles. The van der Waals surface area contributed by atoms with Gasteiger partial charge in [-0.15, -0.1) is 0 Å². The number of benzene rings is 1. The first-order valence-electron chi connectivity index (χ1n) is 5.03. The molecule has 1 aromatic carbocycles. The lowest BCUT2D eigenvalue weighted by molar-refractivity contribution is -0.138. The number of amides is 2. The van der Waals surface area contributed by atoms with Gasteiger partial charge in [0.05, 0.1) is 5.92 Å². The molecule has 92 valence electrons. The molecule has 0 saturated heterocycles. The fourth-order valence-electron chi connectivity index (χ4n) is 1.44. The van der Waals surface area contributed by atoms with Gasteiger partial charge >= 0.3 is 12.0 Å². The molecule has 17 heavy (non-hydrogen) atoms. The number of rotatable bonds is 4. The molecule has 0 saturated carbocycles. The van der Waals surface area contributed by atoms with Crippen molar-refractivity contribution in [3.05, 3.63) is 29.8 Å². The highest BCUT2D eigenvalue weighted by Gasteiger charge is 2.18. The van der Waals surface area contributed by atoms with Crippen LogP contribution in [-0.2, 0) is 4.79 Å². The number of nitrogens with two attached hydrogens (primary N) is 2. The normalized spacial score (nSPS) is 11.9. The Morgan fingerprint density at radius 3 is 2.24 bits per heavy atom. The standard InChI is InChI=1S/C11H15N3O3/c1-14(11(13)17)8-4-2-7(3-5-8)9(6-12)10(15)16/h2-5,9H,6,12H2,1H3,(H2,13,17)(H,15,16). The molecular formula is C11H15N3O3. The van der Waals surface area contributed by atoms with E-state index >= 15 is 0 Å². The predicted molar refractivity (Wildman–Crippen MR) is 63.9 cm³/mol.